The second-order valence-electron chi connectivity index (χ2n) is 8.84. The van der Waals surface area contributed by atoms with Crippen molar-refractivity contribution < 1.29 is 26.4 Å². The minimum Gasteiger partial charge on any atom is -0.355 e. The zero-order valence-electron chi connectivity index (χ0n) is 17.1. The van der Waals surface area contributed by atoms with Gasteiger partial charge in [-0.25, -0.2) is 18.4 Å². The van der Waals surface area contributed by atoms with Gasteiger partial charge in [0.15, 0.2) is 14.9 Å². The molecule has 32 heavy (non-hydrogen) atoms. The van der Waals surface area contributed by atoms with Crippen molar-refractivity contribution in [1.82, 2.24) is 9.97 Å². The molecule has 2 aliphatic carbocycles. The first-order valence-corrected chi connectivity index (χ1v) is 12.2. The second kappa shape index (κ2) is 7.16. The summed E-state index contributed by atoms with van der Waals surface area (Å²) in [4.78, 5) is 22.8. The molecular formula is C21H21F3N4O3S. The van der Waals surface area contributed by atoms with Gasteiger partial charge in [0.1, 0.15) is 5.82 Å². The maximum Gasteiger partial charge on any atom is 0.417 e. The van der Waals surface area contributed by atoms with Crippen LogP contribution >= 0.6 is 0 Å². The molecule has 3 unspecified atom stereocenters. The van der Waals surface area contributed by atoms with E-state index in [1.807, 2.05) is 4.90 Å². The molecular weight excluding hydrogens is 445 g/mol. The largest absolute Gasteiger partial charge is 0.417 e. The number of nitrogens with zero attached hydrogens (tertiary/aromatic N) is 3. The number of carbonyl (C=O) groups excluding carboxylic acids is 1. The molecule has 0 radical (unpaired) electrons. The lowest BCUT2D eigenvalue weighted by Gasteiger charge is -2.56. The molecule has 1 amide bonds. The molecule has 1 N–H and O–H groups in total. The number of halogens is 3. The SMILES string of the molecule is CS(=O)(=O)c1cc(NC(=O)c2cc(C(F)(F)F)cnc2N2CC3C4CCC4[C@H]3C2)ccn1. The van der Waals surface area contributed by atoms with Crippen LogP contribution in [0.15, 0.2) is 35.6 Å². The van der Waals surface area contributed by atoms with E-state index in [0.717, 1.165) is 18.5 Å². The lowest BCUT2D eigenvalue weighted by atomic mass is 9.48. The van der Waals surface area contributed by atoms with Gasteiger partial charge in [0.25, 0.3) is 5.91 Å². The Morgan fingerprint density at radius 1 is 1.09 bits per heavy atom. The van der Waals surface area contributed by atoms with Gasteiger partial charge in [0.05, 0.1) is 11.1 Å². The van der Waals surface area contributed by atoms with Gasteiger partial charge in [-0.15, -0.1) is 0 Å². The minimum atomic E-state index is -4.65. The molecule has 1 saturated heterocycles. The first-order valence-electron chi connectivity index (χ1n) is 10.3. The Hall–Kier alpha value is -2.69. The van der Waals surface area contributed by atoms with Crippen LogP contribution in [-0.2, 0) is 16.0 Å². The quantitative estimate of drug-likeness (QED) is 0.744. The van der Waals surface area contributed by atoms with Crippen LogP contribution in [0.3, 0.4) is 0 Å². The smallest absolute Gasteiger partial charge is 0.355 e. The number of rotatable bonds is 4. The van der Waals surface area contributed by atoms with Gasteiger partial charge < -0.3 is 10.2 Å². The molecule has 2 aromatic heterocycles. The average Bonchev–Trinajstić information content (AvgIpc) is 3.05. The Balaban J connectivity index is 1.46. The zero-order chi connectivity index (χ0) is 22.8. The number of nitrogens with one attached hydrogen (secondary N) is 1. The Morgan fingerprint density at radius 2 is 1.75 bits per heavy atom. The molecule has 5 rings (SSSR count). The lowest BCUT2D eigenvalue weighted by Crippen LogP contribution is -2.52. The predicted molar refractivity (Wildman–Crippen MR) is 110 cm³/mol. The summed E-state index contributed by atoms with van der Waals surface area (Å²) in [5.74, 6) is 1.82. The molecule has 11 heteroatoms. The highest BCUT2D eigenvalue weighted by atomic mass is 32.2. The van der Waals surface area contributed by atoms with E-state index in [9.17, 15) is 26.4 Å². The molecule has 2 aromatic rings. The number of pyridine rings is 2. The number of carbonyl (C=O) groups is 1. The number of hydrogen-bond acceptors (Lipinski definition) is 6. The first kappa shape index (κ1) is 21.2. The standard InChI is InChI=1S/C21H21F3N4O3S/c1-32(30,31)18-7-12(4-5-25-18)27-20(29)15-6-11(21(22,23)24)8-26-19(15)28-9-16-13-2-3-14(13)17(16)10-28/h4-8,13-14,16-17H,2-3,9-10H2,1H3,(H,25,27,29)/t13?,14?,16-,17?/m1/s1. The molecule has 2 saturated carbocycles. The van der Waals surface area contributed by atoms with Gasteiger partial charge in [-0.1, -0.05) is 0 Å². The predicted octanol–water partition coefficient (Wildman–Crippen LogP) is 3.24. The van der Waals surface area contributed by atoms with Crippen molar-refractivity contribution in [3.63, 3.8) is 0 Å². The van der Waals surface area contributed by atoms with Crippen LogP contribution in [0.4, 0.5) is 24.7 Å². The Kier molecular flexibility index (Phi) is 4.74. The van der Waals surface area contributed by atoms with Crippen LogP contribution in [0.5, 0.6) is 0 Å². The van der Waals surface area contributed by atoms with Gasteiger partial charge in [0, 0.05) is 37.4 Å². The Morgan fingerprint density at radius 3 is 2.31 bits per heavy atom. The van der Waals surface area contributed by atoms with Gasteiger partial charge in [-0.3, -0.25) is 4.79 Å². The maximum absolute atomic E-state index is 13.3. The topological polar surface area (TPSA) is 92.3 Å². The molecule has 3 heterocycles. The molecule has 0 bridgehead atoms. The number of fused-ring (bicyclic) bond motifs is 4. The van der Waals surface area contributed by atoms with Crippen LogP contribution in [0.2, 0.25) is 0 Å². The summed E-state index contributed by atoms with van der Waals surface area (Å²) in [7, 11) is -3.61. The molecule has 7 nitrogen and oxygen atoms in total. The molecule has 1 aliphatic heterocycles. The van der Waals surface area contributed by atoms with Crippen molar-refractivity contribution in [3.05, 3.63) is 41.7 Å². The number of aromatic nitrogens is 2. The van der Waals surface area contributed by atoms with Crippen molar-refractivity contribution in [2.24, 2.45) is 23.7 Å². The summed E-state index contributed by atoms with van der Waals surface area (Å²) in [6, 6.07) is 3.36. The summed E-state index contributed by atoms with van der Waals surface area (Å²) in [5, 5.41) is 2.26. The second-order valence-corrected chi connectivity index (χ2v) is 10.8. The van der Waals surface area contributed by atoms with E-state index in [4.69, 9.17) is 0 Å². The summed E-state index contributed by atoms with van der Waals surface area (Å²) < 4.78 is 63.5. The van der Waals surface area contributed by atoms with Crippen LogP contribution < -0.4 is 10.2 Å². The van der Waals surface area contributed by atoms with E-state index in [-0.39, 0.29) is 22.1 Å². The number of hydrogen-bond donors (Lipinski definition) is 1. The van der Waals surface area contributed by atoms with Crippen molar-refractivity contribution >= 4 is 27.2 Å². The van der Waals surface area contributed by atoms with Crippen molar-refractivity contribution in [1.29, 1.82) is 0 Å². The average molecular weight is 466 g/mol. The van der Waals surface area contributed by atoms with Crippen molar-refractivity contribution in [3.8, 4) is 0 Å². The fourth-order valence-corrected chi connectivity index (χ4v) is 5.92. The number of anilines is 2. The third kappa shape index (κ3) is 3.52. The van der Waals surface area contributed by atoms with Crippen LogP contribution in [0, 0.1) is 23.7 Å². The van der Waals surface area contributed by atoms with Crippen LogP contribution in [-0.4, -0.2) is 43.6 Å². The van der Waals surface area contributed by atoms with Gasteiger partial charge in [0.2, 0.25) is 0 Å². The molecule has 170 valence electrons. The number of sulfone groups is 1. The highest BCUT2D eigenvalue weighted by molar-refractivity contribution is 7.90. The molecule has 0 aromatic carbocycles. The van der Waals surface area contributed by atoms with Gasteiger partial charge >= 0.3 is 6.18 Å². The highest BCUT2D eigenvalue weighted by Gasteiger charge is 2.58. The van der Waals surface area contributed by atoms with Crippen LogP contribution in [0.1, 0.15) is 28.8 Å². The van der Waals surface area contributed by atoms with Gasteiger partial charge in [-0.2, -0.15) is 13.2 Å². The van der Waals surface area contributed by atoms with Crippen molar-refractivity contribution in [2.75, 3.05) is 29.6 Å². The summed E-state index contributed by atoms with van der Waals surface area (Å²) in [6.45, 7) is 1.36. The van der Waals surface area contributed by atoms with E-state index in [0.29, 0.717) is 36.8 Å². The molecule has 4 atom stereocenters. The van der Waals surface area contributed by atoms with E-state index in [2.05, 4.69) is 15.3 Å². The number of alkyl halides is 3. The molecule has 0 spiro atoms. The van der Waals surface area contributed by atoms with E-state index in [1.54, 1.807) is 0 Å². The zero-order valence-corrected chi connectivity index (χ0v) is 17.9. The third-order valence-corrected chi connectivity index (χ3v) is 7.99. The maximum atomic E-state index is 13.3. The number of amides is 1. The van der Waals surface area contributed by atoms with Crippen LogP contribution in [0.25, 0.3) is 0 Å². The van der Waals surface area contributed by atoms with Crippen molar-refractivity contribution in [2.45, 2.75) is 24.0 Å². The van der Waals surface area contributed by atoms with E-state index in [1.165, 1.54) is 31.2 Å². The normalized spacial score (nSPS) is 26.6. The van der Waals surface area contributed by atoms with E-state index >= 15 is 0 Å². The highest BCUT2D eigenvalue weighted by Crippen LogP contribution is 2.61. The summed E-state index contributed by atoms with van der Waals surface area (Å²) >= 11 is 0. The molecule has 3 fully saturated rings. The van der Waals surface area contributed by atoms with E-state index < -0.39 is 27.5 Å². The lowest BCUT2D eigenvalue weighted by molar-refractivity contribution is -0.137. The first-order chi connectivity index (χ1) is 15.0. The minimum absolute atomic E-state index is 0.119. The monoisotopic (exact) mass is 466 g/mol. The summed E-state index contributed by atoms with van der Waals surface area (Å²) in [5.41, 5.74) is -1.08. The molecule has 3 aliphatic rings. The Labute approximate surface area is 183 Å². The van der Waals surface area contributed by atoms with Gasteiger partial charge in [-0.05, 0) is 54.7 Å². The summed E-state index contributed by atoms with van der Waals surface area (Å²) in [6.07, 6.45) is 0.686. The Bertz CT molecular complexity index is 1180. The third-order valence-electron chi connectivity index (χ3n) is 7.01. The fourth-order valence-electron chi connectivity index (χ4n) is 5.32. The fraction of sp³-hybridized carbons (Fsp3) is 0.476.